The fraction of sp³-hybridized carbons (Fsp3) is 0.412. The molecule has 4 nitrogen and oxygen atoms in total. The Labute approximate surface area is 129 Å². The molecule has 0 spiro atoms. The number of rotatable bonds is 5. The minimum Gasteiger partial charge on any atom is -0.349 e. The van der Waals surface area contributed by atoms with E-state index < -0.39 is 0 Å². The molecule has 22 heavy (non-hydrogen) atoms. The van der Waals surface area contributed by atoms with Crippen LogP contribution in [0.1, 0.15) is 42.7 Å². The Morgan fingerprint density at radius 3 is 2.68 bits per heavy atom. The first kappa shape index (κ1) is 14.8. The van der Waals surface area contributed by atoms with Crippen LogP contribution < -0.4 is 5.32 Å². The zero-order chi connectivity index (χ0) is 15.7. The maximum Gasteiger partial charge on any atom is 0.254 e. The Hall–Kier alpha value is -2.17. The summed E-state index contributed by atoms with van der Waals surface area (Å²) in [6, 6.07) is 6.31. The number of carbonyl (C=O) groups is 1. The van der Waals surface area contributed by atoms with Gasteiger partial charge in [-0.15, -0.1) is 0 Å². The third-order valence-corrected chi connectivity index (χ3v) is 4.21. The Balaban J connectivity index is 1.86. The molecule has 1 aliphatic carbocycles. The number of carbonyl (C=O) groups excluding carboxylic acids is 1. The molecule has 1 aromatic carbocycles. The van der Waals surface area contributed by atoms with E-state index in [9.17, 15) is 9.18 Å². The lowest BCUT2D eigenvalue weighted by molar-refractivity contribution is 0.0935. The van der Waals surface area contributed by atoms with Crippen molar-refractivity contribution in [1.29, 1.82) is 0 Å². The first-order chi connectivity index (χ1) is 10.6. The lowest BCUT2D eigenvalue weighted by atomic mass is 10.1. The third kappa shape index (κ3) is 2.89. The number of hydrogen-bond donors (Lipinski definition) is 1. The van der Waals surface area contributed by atoms with Crippen LogP contribution in [0.4, 0.5) is 4.39 Å². The average Bonchev–Trinajstić information content (AvgIpc) is 3.27. The van der Waals surface area contributed by atoms with Crippen molar-refractivity contribution in [2.75, 3.05) is 0 Å². The minimum atomic E-state index is -0.287. The molecular formula is C17H20FN3O. The van der Waals surface area contributed by atoms with Crippen molar-refractivity contribution in [3.8, 4) is 5.69 Å². The second-order valence-electron chi connectivity index (χ2n) is 5.85. The number of nitrogens with one attached hydrogen (secondary N) is 1. The van der Waals surface area contributed by atoms with Gasteiger partial charge >= 0.3 is 0 Å². The Bertz CT molecular complexity index is 674. The SMILES string of the molecule is CCc1c(C(=O)NC(C)C2CC2)cnn1-c1ccc(F)cc1. The summed E-state index contributed by atoms with van der Waals surface area (Å²) in [5.74, 6) is 0.246. The zero-order valence-corrected chi connectivity index (χ0v) is 12.8. The van der Waals surface area contributed by atoms with Gasteiger partial charge in [-0.1, -0.05) is 6.92 Å². The predicted octanol–water partition coefficient (Wildman–Crippen LogP) is 3.10. The zero-order valence-electron chi connectivity index (χ0n) is 12.8. The second kappa shape index (κ2) is 5.91. The van der Waals surface area contributed by atoms with E-state index in [0.717, 1.165) is 11.4 Å². The van der Waals surface area contributed by atoms with Crippen molar-refractivity contribution >= 4 is 5.91 Å². The highest BCUT2D eigenvalue weighted by Gasteiger charge is 2.30. The number of nitrogens with zero attached hydrogens (tertiary/aromatic N) is 2. The molecule has 5 heteroatoms. The molecule has 1 aromatic heterocycles. The van der Waals surface area contributed by atoms with E-state index in [1.165, 1.54) is 25.0 Å². The smallest absolute Gasteiger partial charge is 0.254 e. The molecule has 1 heterocycles. The number of amides is 1. The molecule has 2 aromatic rings. The van der Waals surface area contributed by atoms with E-state index in [-0.39, 0.29) is 17.8 Å². The lowest BCUT2D eigenvalue weighted by Gasteiger charge is -2.13. The van der Waals surface area contributed by atoms with Gasteiger partial charge in [-0.05, 0) is 56.4 Å². The minimum absolute atomic E-state index is 0.0791. The summed E-state index contributed by atoms with van der Waals surface area (Å²) in [6.45, 7) is 4.03. The fourth-order valence-corrected chi connectivity index (χ4v) is 2.71. The summed E-state index contributed by atoms with van der Waals surface area (Å²) in [5.41, 5.74) is 2.19. The molecule has 1 fully saturated rings. The summed E-state index contributed by atoms with van der Waals surface area (Å²) >= 11 is 0. The molecule has 0 saturated heterocycles. The molecule has 1 atom stereocenters. The van der Waals surface area contributed by atoms with Gasteiger partial charge in [0.15, 0.2) is 0 Å². The van der Waals surface area contributed by atoms with E-state index in [4.69, 9.17) is 0 Å². The second-order valence-corrected chi connectivity index (χ2v) is 5.85. The number of benzene rings is 1. The van der Waals surface area contributed by atoms with Gasteiger partial charge in [-0.2, -0.15) is 5.10 Å². The summed E-state index contributed by atoms with van der Waals surface area (Å²) in [7, 11) is 0. The van der Waals surface area contributed by atoms with Gasteiger partial charge in [0, 0.05) is 6.04 Å². The van der Waals surface area contributed by atoms with Crippen LogP contribution in [-0.2, 0) is 6.42 Å². The summed E-state index contributed by atoms with van der Waals surface area (Å²) in [5, 5.41) is 7.36. The van der Waals surface area contributed by atoms with Crippen LogP contribution in [0.25, 0.3) is 5.69 Å². The van der Waals surface area contributed by atoms with Gasteiger partial charge in [0.25, 0.3) is 5.91 Å². The van der Waals surface area contributed by atoms with Crippen molar-refractivity contribution in [1.82, 2.24) is 15.1 Å². The Morgan fingerprint density at radius 1 is 1.41 bits per heavy atom. The molecule has 1 aliphatic rings. The Kier molecular flexibility index (Phi) is 3.96. The van der Waals surface area contributed by atoms with Gasteiger partial charge in [0.2, 0.25) is 0 Å². The van der Waals surface area contributed by atoms with Crippen LogP contribution in [0.5, 0.6) is 0 Å². The van der Waals surface area contributed by atoms with Crippen molar-refractivity contribution in [3.63, 3.8) is 0 Å². The molecule has 1 saturated carbocycles. The quantitative estimate of drug-likeness (QED) is 0.922. The number of aromatic nitrogens is 2. The van der Waals surface area contributed by atoms with Crippen molar-refractivity contribution in [2.24, 2.45) is 5.92 Å². The summed E-state index contributed by atoms with van der Waals surface area (Å²) < 4.78 is 14.8. The summed E-state index contributed by atoms with van der Waals surface area (Å²) in [6.07, 6.45) is 4.66. The molecular weight excluding hydrogens is 281 g/mol. The van der Waals surface area contributed by atoms with Crippen molar-refractivity contribution in [3.05, 3.63) is 47.5 Å². The van der Waals surface area contributed by atoms with E-state index >= 15 is 0 Å². The molecule has 0 bridgehead atoms. The molecule has 116 valence electrons. The Morgan fingerprint density at radius 2 is 2.09 bits per heavy atom. The molecule has 1 amide bonds. The van der Waals surface area contributed by atoms with E-state index in [1.807, 2.05) is 13.8 Å². The van der Waals surface area contributed by atoms with Gasteiger partial charge < -0.3 is 5.32 Å². The normalized spacial score (nSPS) is 15.6. The van der Waals surface area contributed by atoms with Gasteiger partial charge in [-0.25, -0.2) is 9.07 Å². The topological polar surface area (TPSA) is 46.9 Å². The van der Waals surface area contributed by atoms with Crippen LogP contribution in [0.3, 0.4) is 0 Å². The van der Waals surface area contributed by atoms with Gasteiger partial charge in [-0.3, -0.25) is 4.79 Å². The molecule has 0 aliphatic heterocycles. The largest absolute Gasteiger partial charge is 0.349 e. The predicted molar refractivity (Wildman–Crippen MR) is 82.6 cm³/mol. The number of halogens is 1. The fourth-order valence-electron chi connectivity index (χ4n) is 2.71. The monoisotopic (exact) mass is 301 g/mol. The third-order valence-electron chi connectivity index (χ3n) is 4.21. The number of hydrogen-bond acceptors (Lipinski definition) is 2. The van der Waals surface area contributed by atoms with Crippen LogP contribution >= 0.6 is 0 Å². The highest BCUT2D eigenvalue weighted by molar-refractivity contribution is 5.95. The highest BCUT2D eigenvalue weighted by Crippen LogP contribution is 2.32. The van der Waals surface area contributed by atoms with Gasteiger partial charge in [0.1, 0.15) is 5.82 Å². The molecule has 0 radical (unpaired) electrons. The van der Waals surface area contributed by atoms with Crippen LogP contribution in [-0.4, -0.2) is 21.7 Å². The maximum atomic E-state index is 13.0. The standard InChI is InChI=1S/C17H20FN3O/c1-3-16-15(17(22)20-11(2)12-4-5-12)10-19-21(16)14-8-6-13(18)7-9-14/h6-12H,3-5H2,1-2H3,(H,20,22). The molecule has 1 N–H and O–H groups in total. The highest BCUT2D eigenvalue weighted by atomic mass is 19.1. The molecule has 3 rings (SSSR count). The maximum absolute atomic E-state index is 13.0. The van der Waals surface area contributed by atoms with E-state index in [2.05, 4.69) is 10.4 Å². The van der Waals surface area contributed by atoms with Crippen LogP contribution in [0, 0.1) is 11.7 Å². The van der Waals surface area contributed by atoms with Crippen molar-refractivity contribution in [2.45, 2.75) is 39.2 Å². The van der Waals surface area contributed by atoms with Gasteiger partial charge in [0.05, 0.1) is 23.1 Å². The van der Waals surface area contributed by atoms with E-state index in [1.54, 1.807) is 23.0 Å². The lowest BCUT2D eigenvalue weighted by Crippen LogP contribution is -2.34. The van der Waals surface area contributed by atoms with Crippen LogP contribution in [0.15, 0.2) is 30.5 Å². The molecule has 1 unspecified atom stereocenters. The first-order valence-electron chi connectivity index (χ1n) is 7.74. The van der Waals surface area contributed by atoms with E-state index in [0.29, 0.717) is 17.9 Å². The summed E-state index contributed by atoms with van der Waals surface area (Å²) in [4.78, 5) is 12.4. The first-order valence-corrected chi connectivity index (χ1v) is 7.74. The average molecular weight is 301 g/mol. The van der Waals surface area contributed by atoms with Crippen LogP contribution in [0.2, 0.25) is 0 Å². The van der Waals surface area contributed by atoms with Crippen molar-refractivity contribution < 1.29 is 9.18 Å².